The van der Waals surface area contributed by atoms with E-state index < -0.39 is 12.7 Å². The predicted molar refractivity (Wildman–Crippen MR) is 114 cm³/mol. The number of benzene rings is 2. The summed E-state index contributed by atoms with van der Waals surface area (Å²) < 4.78 is 57.6. The maximum Gasteiger partial charge on any atom is 0.401 e. The van der Waals surface area contributed by atoms with E-state index in [2.05, 4.69) is 10.3 Å². The molecule has 0 bridgehead atoms. The van der Waals surface area contributed by atoms with Crippen LogP contribution in [0.15, 0.2) is 52.8 Å². The van der Waals surface area contributed by atoms with Gasteiger partial charge < -0.3 is 14.6 Å². The first-order valence-electron chi connectivity index (χ1n) is 9.37. The Balaban J connectivity index is 1.93. The van der Waals surface area contributed by atoms with Gasteiger partial charge in [-0.05, 0) is 54.9 Å². The first-order valence-corrected chi connectivity index (χ1v) is 10.6. The molecule has 1 N–H and O–H groups in total. The van der Waals surface area contributed by atoms with Crippen LogP contribution in [0.4, 0.5) is 23.2 Å². The van der Waals surface area contributed by atoms with Crippen LogP contribution in [0.3, 0.4) is 0 Å². The molecule has 1 heterocycles. The van der Waals surface area contributed by atoms with Crippen molar-refractivity contribution in [1.29, 1.82) is 0 Å². The Morgan fingerprint density at radius 2 is 1.90 bits per heavy atom. The maximum absolute atomic E-state index is 13.3. The summed E-state index contributed by atoms with van der Waals surface area (Å²) in [6, 6.07) is 11.1. The first kappa shape index (κ1) is 23.3. The van der Waals surface area contributed by atoms with Gasteiger partial charge >= 0.3 is 6.18 Å². The van der Waals surface area contributed by atoms with Crippen LogP contribution in [0.25, 0.3) is 11.3 Å². The molecule has 10 heteroatoms. The van der Waals surface area contributed by atoms with Crippen molar-refractivity contribution in [1.82, 2.24) is 9.88 Å². The lowest BCUT2D eigenvalue weighted by Gasteiger charge is -2.11. The minimum absolute atomic E-state index is 0.189. The van der Waals surface area contributed by atoms with Crippen molar-refractivity contribution in [3.8, 4) is 17.0 Å². The first-order chi connectivity index (χ1) is 14.8. The summed E-state index contributed by atoms with van der Waals surface area (Å²) in [7, 11) is 1.52. The molecule has 0 unspecified atom stereocenters. The van der Waals surface area contributed by atoms with Crippen LogP contribution in [-0.2, 0) is 6.54 Å². The zero-order chi connectivity index (χ0) is 22.4. The van der Waals surface area contributed by atoms with E-state index in [1.54, 1.807) is 30.3 Å². The number of rotatable bonds is 8. The summed E-state index contributed by atoms with van der Waals surface area (Å²) in [6.45, 7) is -0.421. The Kier molecular flexibility index (Phi) is 7.74. The van der Waals surface area contributed by atoms with E-state index in [4.69, 9.17) is 16.3 Å². The molecule has 3 aromatic rings. The molecule has 3 rings (SSSR count). The topological polar surface area (TPSA) is 38.5 Å². The normalized spacial score (nSPS) is 12.4. The summed E-state index contributed by atoms with van der Waals surface area (Å²) in [5.41, 5.74) is 2.15. The van der Waals surface area contributed by atoms with Crippen LogP contribution >= 0.6 is 22.9 Å². The second-order valence-corrected chi connectivity index (χ2v) is 7.91. The quantitative estimate of drug-likeness (QED) is 0.332. The highest BCUT2D eigenvalue weighted by atomic mass is 35.5. The number of ether oxygens (including phenoxy) is 1. The van der Waals surface area contributed by atoms with Crippen molar-refractivity contribution in [2.75, 3.05) is 20.2 Å². The molecule has 0 saturated heterocycles. The predicted octanol–water partition coefficient (Wildman–Crippen LogP) is 5.79. The van der Waals surface area contributed by atoms with Crippen molar-refractivity contribution in [3.05, 3.63) is 63.5 Å². The average molecular weight is 474 g/mol. The SMILES string of the molecule is COc1cc(Cl)ccc1/N=c1/scc(-c2ccc(F)cc2)n1CCCNCC(F)(F)F. The van der Waals surface area contributed by atoms with E-state index >= 15 is 0 Å². The van der Waals surface area contributed by atoms with Crippen LogP contribution in [0.5, 0.6) is 5.75 Å². The zero-order valence-corrected chi connectivity index (χ0v) is 18.1. The lowest BCUT2D eigenvalue weighted by atomic mass is 10.1. The van der Waals surface area contributed by atoms with E-state index in [9.17, 15) is 17.6 Å². The summed E-state index contributed by atoms with van der Waals surface area (Å²) in [5.74, 6) is 0.153. The number of nitrogens with one attached hydrogen (secondary N) is 1. The Morgan fingerprint density at radius 1 is 1.16 bits per heavy atom. The Hall–Kier alpha value is -2.36. The van der Waals surface area contributed by atoms with Crippen LogP contribution in [-0.4, -0.2) is 30.9 Å². The number of nitrogens with zero attached hydrogens (tertiary/aromatic N) is 2. The van der Waals surface area contributed by atoms with Gasteiger partial charge in [0.15, 0.2) is 4.80 Å². The van der Waals surface area contributed by atoms with Gasteiger partial charge in [0, 0.05) is 23.0 Å². The number of thiazole rings is 1. The van der Waals surface area contributed by atoms with Crippen molar-refractivity contribution in [3.63, 3.8) is 0 Å². The molecule has 4 nitrogen and oxygen atoms in total. The molecule has 2 aromatic carbocycles. The Morgan fingerprint density at radius 3 is 2.58 bits per heavy atom. The third kappa shape index (κ3) is 6.56. The van der Waals surface area contributed by atoms with Gasteiger partial charge in [-0.15, -0.1) is 11.3 Å². The number of hydrogen-bond acceptors (Lipinski definition) is 4. The Labute approximate surface area is 185 Å². The largest absolute Gasteiger partial charge is 0.494 e. The van der Waals surface area contributed by atoms with Gasteiger partial charge in [0.25, 0.3) is 0 Å². The average Bonchev–Trinajstić information content (AvgIpc) is 3.11. The van der Waals surface area contributed by atoms with Crippen LogP contribution in [0.2, 0.25) is 5.02 Å². The standard InChI is InChI=1S/C21H20ClF4N3OS/c1-30-19-11-15(22)5-8-17(19)28-20-29(10-2-9-27-13-21(24,25)26)18(12-31-20)14-3-6-16(23)7-4-14/h3-8,11-12,27H,2,9-10,13H2,1H3/b28-20+. The van der Waals surface area contributed by atoms with E-state index in [1.807, 2.05) is 9.95 Å². The number of aromatic nitrogens is 1. The van der Waals surface area contributed by atoms with Gasteiger partial charge in [-0.2, -0.15) is 13.2 Å². The lowest BCUT2D eigenvalue weighted by molar-refractivity contribution is -0.124. The molecule has 0 amide bonds. The molecule has 0 atom stereocenters. The molecule has 31 heavy (non-hydrogen) atoms. The van der Waals surface area contributed by atoms with E-state index in [-0.39, 0.29) is 12.4 Å². The molecule has 0 fully saturated rings. The van der Waals surface area contributed by atoms with E-state index in [0.29, 0.717) is 34.2 Å². The van der Waals surface area contributed by atoms with Crippen LogP contribution in [0.1, 0.15) is 6.42 Å². The molecular formula is C21H20ClF4N3OS. The highest BCUT2D eigenvalue weighted by Gasteiger charge is 2.25. The third-order valence-electron chi connectivity index (χ3n) is 4.36. The minimum atomic E-state index is -4.25. The van der Waals surface area contributed by atoms with Gasteiger partial charge in [0.1, 0.15) is 17.3 Å². The van der Waals surface area contributed by atoms with Gasteiger partial charge in [-0.3, -0.25) is 0 Å². The molecule has 0 radical (unpaired) electrons. The van der Waals surface area contributed by atoms with Gasteiger partial charge in [0.2, 0.25) is 0 Å². The summed E-state index contributed by atoms with van der Waals surface area (Å²) >= 11 is 7.39. The van der Waals surface area contributed by atoms with Crippen molar-refractivity contribution < 1.29 is 22.3 Å². The molecule has 166 valence electrons. The molecule has 0 aliphatic carbocycles. The number of hydrogen-bond donors (Lipinski definition) is 1. The summed E-state index contributed by atoms with van der Waals surface area (Å²) in [5, 5.41) is 4.80. The monoisotopic (exact) mass is 473 g/mol. The zero-order valence-electron chi connectivity index (χ0n) is 16.5. The Bertz CT molecular complexity index is 1080. The van der Waals surface area contributed by atoms with Crippen LogP contribution < -0.4 is 14.9 Å². The fraction of sp³-hybridized carbons (Fsp3) is 0.286. The van der Waals surface area contributed by atoms with Crippen LogP contribution in [0, 0.1) is 5.82 Å². The lowest BCUT2D eigenvalue weighted by Crippen LogP contribution is -2.30. The number of halogens is 5. The van der Waals surface area contributed by atoms with E-state index in [1.165, 1.54) is 30.6 Å². The van der Waals surface area contributed by atoms with Crippen molar-refractivity contribution in [2.24, 2.45) is 4.99 Å². The van der Waals surface area contributed by atoms with Gasteiger partial charge in [0.05, 0.1) is 19.3 Å². The number of alkyl halides is 3. The molecule has 0 aliphatic rings. The fourth-order valence-corrected chi connectivity index (χ4v) is 4.04. The molecular weight excluding hydrogens is 454 g/mol. The molecule has 0 spiro atoms. The van der Waals surface area contributed by atoms with Crippen molar-refractivity contribution >= 4 is 28.6 Å². The summed E-state index contributed by atoms with van der Waals surface area (Å²) in [6.07, 6.45) is -3.80. The highest BCUT2D eigenvalue weighted by Crippen LogP contribution is 2.30. The van der Waals surface area contributed by atoms with Gasteiger partial charge in [-0.25, -0.2) is 9.38 Å². The third-order valence-corrected chi connectivity index (χ3v) is 5.45. The molecule has 0 aliphatic heterocycles. The maximum atomic E-state index is 13.3. The van der Waals surface area contributed by atoms with Gasteiger partial charge in [-0.1, -0.05) is 11.6 Å². The molecule has 0 saturated carbocycles. The summed E-state index contributed by atoms with van der Waals surface area (Å²) in [4.78, 5) is 5.31. The smallest absolute Gasteiger partial charge is 0.401 e. The fourth-order valence-electron chi connectivity index (χ4n) is 2.93. The molecule has 1 aromatic heterocycles. The minimum Gasteiger partial charge on any atom is -0.494 e. The second-order valence-electron chi connectivity index (χ2n) is 6.64. The second kappa shape index (κ2) is 10.3. The number of methoxy groups -OCH3 is 1. The van der Waals surface area contributed by atoms with Crippen molar-refractivity contribution in [2.45, 2.75) is 19.1 Å². The van der Waals surface area contributed by atoms with E-state index in [0.717, 1.165) is 11.3 Å². The highest BCUT2D eigenvalue weighted by molar-refractivity contribution is 7.07.